The van der Waals surface area contributed by atoms with E-state index >= 15 is 0 Å². The summed E-state index contributed by atoms with van der Waals surface area (Å²) in [5, 5.41) is 1.03. The molecule has 0 radical (unpaired) electrons. The van der Waals surface area contributed by atoms with Gasteiger partial charge in [-0.15, -0.1) is 0 Å². The molecule has 0 bridgehead atoms. The lowest BCUT2D eigenvalue weighted by atomic mass is 9.97. The first-order valence-corrected chi connectivity index (χ1v) is 4.74. The molecule has 1 amide bonds. The van der Waals surface area contributed by atoms with Gasteiger partial charge in [-0.1, -0.05) is 0 Å². The molecule has 0 N–H and O–H groups in total. The van der Waals surface area contributed by atoms with Gasteiger partial charge in [-0.05, 0) is 0 Å². The largest absolute Gasteiger partial charge is 0.460 e. The maximum atomic E-state index is 11.6. The van der Waals surface area contributed by atoms with E-state index in [1.807, 2.05) is 0 Å². The zero-order chi connectivity index (χ0) is 13.0. The molecule has 92 valence electrons. The average molecular weight is 241 g/mol. The fourth-order valence-corrected chi connectivity index (χ4v) is 1.49. The van der Waals surface area contributed by atoms with E-state index in [2.05, 4.69) is 9.53 Å². The molecule has 0 saturated carbocycles. The molecule has 1 unspecified atom stereocenters. The van der Waals surface area contributed by atoms with Crippen LogP contribution in [0.4, 0.5) is 0 Å². The van der Waals surface area contributed by atoms with Gasteiger partial charge >= 0.3 is 11.7 Å². The highest BCUT2D eigenvalue weighted by molar-refractivity contribution is 6.62. The summed E-state index contributed by atoms with van der Waals surface area (Å²) in [5.41, 5.74) is 7.84. The molecular formula is C9H11N3O5. The lowest BCUT2D eigenvalue weighted by Gasteiger charge is -2.36. The van der Waals surface area contributed by atoms with Gasteiger partial charge in [0.25, 0.3) is 5.78 Å². The molecule has 0 aromatic carbocycles. The zero-order valence-electron chi connectivity index (χ0n) is 9.37. The second-order valence-corrected chi connectivity index (χ2v) is 3.33. The topological polar surface area (TPSA) is 109 Å². The minimum atomic E-state index is -1.02. The van der Waals surface area contributed by atoms with Crippen molar-refractivity contribution in [3.8, 4) is 0 Å². The first-order valence-electron chi connectivity index (χ1n) is 4.74. The van der Waals surface area contributed by atoms with Crippen LogP contribution in [0.3, 0.4) is 0 Å². The smallest absolute Gasteiger partial charge is 0.441 e. The van der Waals surface area contributed by atoms with Crippen LogP contribution in [0.2, 0.25) is 0 Å². The Bertz CT molecular complexity index is 413. The van der Waals surface area contributed by atoms with Gasteiger partial charge in [0.05, 0.1) is 26.7 Å². The number of carbonyl (C=O) groups is 3. The first-order chi connectivity index (χ1) is 8.04. The lowest BCUT2D eigenvalue weighted by molar-refractivity contribution is -0.215. The van der Waals surface area contributed by atoms with E-state index in [9.17, 15) is 14.4 Å². The number of hydrogen-bond acceptors (Lipinski definition) is 5. The molecule has 0 aromatic heterocycles. The van der Waals surface area contributed by atoms with Gasteiger partial charge in [0.15, 0.2) is 0 Å². The van der Waals surface area contributed by atoms with Gasteiger partial charge in [-0.25, -0.2) is 9.86 Å². The normalized spacial score (nSPS) is 18.1. The van der Waals surface area contributed by atoms with Crippen molar-refractivity contribution >= 4 is 23.4 Å². The van der Waals surface area contributed by atoms with Gasteiger partial charge in [-0.2, -0.15) is 4.79 Å². The number of hydroxylamine groups is 2. The maximum Gasteiger partial charge on any atom is 0.441 e. The molecule has 1 saturated heterocycles. The van der Waals surface area contributed by atoms with Crippen molar-refractivity contribution < 1.29 is 28.7 Å². The number of hydrogen-bond donors (Lipinski definition) is 0. The number of nitrogens with zero attached hydrogens (tertiary/aromatic N) is 3. The Kier molecular flexibility index (Phi) is 4.08. The molecular weight excluding hydrogens is 230 g/mol. The summed E-state index contributed by atoms with van der Waals surface area (Å²) >= 11 is 0. The summed E-state index contributed by atoms with van der Waals surface area (Å²) in [4.78, 5) is 40.9. The monoisotopic (exact) mass is 241 g/mol. The van der Waals surface area contributed by atoms with Crippen LogP contribution in [0.5, 0.6) is 0 Å². The highest BCUT2D eigenvalue weighted by Gasteiger charge is 2.42. The number of amides is 1. The molecule has 8 nitrogen and oxygen atoms in total. The predicted molar refractivity (Wildman–Crippen MR) is 52.5 cm³/mol. The van der Waals surface area contributed by atoms with E-state index in [1.54, 1.807) is 0 Å². The van der Waals surface area contributed by atoms with Gasteiger partial charge < -0.3 is 10.3 Å². The fourth-order valence-electron chi connectivity index (χ4n) is 1.49. The third-order valence-corrected chi connectivity index (χ3v) is 2.35. The number of β-lactam (4-membered cyclic amide) rings is 1. The van der Waals surface area contributed by atoms with E-state index in [0.717, 1.165) is 12.2 Å². The third kappa shape index (κ3) is 2.55. The van der Waals surface area contributed by atoms with Crippen molar-refractivity contribution in [1.82, 2.24) is 5.06 Å². The molecule has 1 rings (SSSR count). The summed E-state index contributed by atoms with van der Waals surface area (Å²) in [6.07, 6.45) is -0.00641. The molecule has 17 heavy (non-hydrogen) atoms. The number of Topliss-reactive ketones (excluding diaryl/α,β-unsaturated/α-hetero) is 1. The van der Waals surface area contributed by atoms with E-state index in [1.165, 1.54) is 7.11 Å². The Morgan fingerprint density at radius 1 is 1.53 bits per heavy atom. The molecule has 0 aromatic rings. The molecule has 1 heterocycles. The van der Waals surface area contributed by atoms with Gasteiger partial charge in [0.1, 0.15) is 0 Å². The van der Waals surface area contributed by atoms with Crippen molar-refractivity contribution in [2.24, 2.45) is 0 Å². The van der Waals surface area contributed by atoms with Crippen LogP contribution >= 0.6 is 0 Å². The van der Waals surface area contributed by atoms with Crippen LogP contribution in [-0.4, -0.2) is 53.5 Å². The molecule has 0 aliphatic carbocycles. The Hall–Kier alpha value is -2.05. The number of carbonyl (C=O) groups excluding carboxylic acids is 3. The molecule has 0 spiro atoms. The van der Waals surface area contributed by atoms with Gasteiger partial charge in [0, 0.05) is 6.42 Å². The summed E-state index contributed by atoms with van der Waals surface area (Å²) in [7, 11) is 2.37. The second kappa shape index (κ2) is 5.33. The summed E-state index contributed by atoms with van der Waals surface area (Å²) in [6.45, 7) is 0. The Morgan fingerprint density at radius 3 is 2.59 bits per heavy atom. The van der Waals surface area contributed by atoms with Crippen LogP contribution in [0.25, 0.3) is 5.53 Å². The van der Waals surface area contributed by atoms with Crippen molar-refractivity contribution in [2.75, 3.05) is 14.2 Å². The molecule has 1 atom stereocenters. The maximum absolute atomic E-state index is 11.6. The summed E-state index contributed by atoms with van der Waals surface area (Å²) < 4.78 is 4.27. The summed E-state index contributed by atoms with van der Waals surface area (Å²) in [5.74, 6) is -1.98. The van der Waals surface area contributed by atoms with E-state index in [0.29, 0.717) is 0 Å². The fraction of sp³-hybridized carbons (Fsp3) is 0.556. The molecule has 8 heteroatoms. The Labute approximate surface area is 96.7 Å². The van der Waals surface area contributed by atoms with E-state index < -0.39 is 23.5 Å². The summed E-state index contributed by atoms with van der Waals surface area (Å²) in [6, 6.07) is -0.443. The van der Waals surface area contributed by atoms with Crippen LogP contribution in [0, 0.1) is 0 Å². The highest BCUT2D eigenvalue weighted by Crippen LogP contribution is 2.22. The number of ketones is 1. The van der Waals surface area contributed by atoms with Gasteiger partial charge in [0.2, 0.25) is 5.91 Å². The standard InChI is InChI=1S/C9H11N3O5/c1-16-9(15)8(11-10)6(13)3-5-4-7(14)12(5)17-2/h5H,3-4H2,1-2H3. The third-order valence-electron chi connectivity index (χ3n) is 2.35. The van der Waals surface area contributed by atoms with Crippen molar-refractivity contribution in [3.63, 3.8) is 0 Å². The Balaban J connectivity index is 2.64. The van der Waals surface area contributed by atoms with Crippen molar-refractivity contribution in [1.29, 1.82) is 0 Å². The van der Waals surface area contributed by atoms with Crippen LogP contribution in [0.15, 0.2) is 0 Å². The van der Waals surface area contributed by atoms with E-state index in [-0.39, 0.29) is 18.7 Å². The quantitative estimate of drug-likeness (QED) is 0.152. The molecule has 1 aliphatic heterocycles. The number of methoxy groups -OCH3 is 1. The van der Waals surface area contributed by atoms with E-state index in [4.69, 9.17) is 10.4 Å². The zero-order valence-corrected chi connectivity index (χ0v) is 9.37. The lowest BCUT2D eigenvalue weighted by Crippen LogP contribution is -2.53. The van der Waals surface area contributed by atoms with Gasteiger partial charge in [-0.3, -0.25) is 14.4 Å². The second-order valence-electron chi connectivity index (χ2n) is 3.33. The molecule has 1 fully saturated rings. The Morgan fingerprint density at radius 2 is 2.18 bits per heavy atom. The number of esters is 1. The number of rotatable bonds is 5. The minimum Gasteiger partial charge on any atom is -0.460 e. The average Bonchev–Trinajstić information content (AvgIpc) is 2.29. The van der Waals surface area contributed by atoms with Crippen molar-refractivity contribution in [2.45, 2.75) is 18.9 Å². The first kappa shape index (κ1) is 13.0. The minimum absolute atomic E-state index is 0.152. The van der Waals surface area contributed by atoms with Crippen LogP contribution < -0.4 is 0 Å². The SMILES string of the molecule is COC(=O)C(=[N+]=[N-])C(=O)CC1CC(=O)N1OC. The molecule has 1 aliphatic rings. The number of ether oxygens (including phenoxy) is 1. The van der Waals surface area contributed by atoms with Crippen LogP contribution in [0.1, 0.15) is 12.8 Å². The van der Waals surface area contributed by atoms with Crippen molar-refractivity contribution in [3.05, 3.63) is 5.53 Å². The van der Waals surface area contributed by atoms with Crippen LogP contribution in [-0.2, 0) is 24.0 Å². The highest BCUT2D eigenvalue weighted by atomic mass is 16.7. The predicted octanol–water partition coefficient (Wildman–Crippen LogP) is -1.05.